The normalized spacial score (nSPS) is 10.5. The monoisotopic (exact) mass is 162 g/mol. The van der Waals surface area contributed by atoms with Crippen molar-refractivity contribution in [3.8, 4) is 5.75 Å². The quantitative estimate of drug-likeness (QED) is 0.643. The zero-order valence-corrected chi connectivity index (χ0v) is 7.13. The molecule has 0 amide bonds. The molecule has 2 heteroatoms. The Hall–Kier alpha value is -1.44. The maximum absolute atomic E-state index is 5.31. The zero-order valence-electron chi connectivity index (χ0n) is 7.13. The smallest absolute Gasteiger partial charge is 0.140 e. The lowest BCUT2D eigenvalue weighted by Gasteiger charge is -2.03. The number of hydrogen-bond acceptors (Lipinski definition) is 2. The molecule has 0 N–H and O–H groups in total. The van der Waals surface area contributed by atoms with Crippen LogP contribution in [0.4, 0.5) is 0 Å². The molecule has 62 valence electrons. The number of ether oxygens (including phenoxy) is 1. The summed E-state index contributed by atoms with van der Waals surface area (Å²) in [6.45, 7) is 1.99. The van der Waals surface area contributed by atoms with Crippen molar-refractivity contribution in [3.05, 3.63) is 30.0 Å². The number of hydrogen-bond donors (Lipinski definition) is 0. The molecule has 1 aromatic carbocycles. The first-order valence-corrected chi connectivity index (χ1v) is 3.83. The molecule has 0 atom stereocenters. The Balaban J connectivity index is 2.78. The predicted octanol–water partition coefficient (Wildman–Crippen LogP) is 2.75. The lowest BCUT2D eigenvalue weighted by Crippen LogP contribution is -1.85. The maximum Gasteiger partial charge on any atom is 0.140 e. The van der Waals surface area contributed by atoms with E-state index in [9.17, 15) is 0 Å². The highest BCUT2D eigenvalue weighted by atomic mass is 16.5. The van der Waals surface area contributed by atoms with E-state index in [1.54, 1.807) is 13.4 Å². The number of aryl methyl sites for hydroxylation is 1. The van der Waals surface area contributed by atoms with Crippen molar-refractivity contribution >= 4 is 11.0 Å². The van der Waals surface area contributed by atoms with E-state index in [1.165, 1.54) is 0 Å². The average molecular weight is 162 g/mol. The molecule has 1 heterocycles. The van der Waals surface area contributed by atoms with Crippen molar-refractivity contribution in [1.29, 1.82) is 0 Å². The third-order valence-corrected chi connectivity index (χ3v) is 2.04. The van der Waals surface area contributed by atoms with Crippen LogP contribution in [0.2, 0.25) is 0 Å². The molecule has 1 aromatic heterocycles. The molecule has 0 aliphatic heterocycles. The molecule has 12 heavy (non-hydrogen) atoms. The van der Waals surface area contributed by atoms with E-state index < -0.39 is 0 Å². The van der Waals surface area contributed by atoms with Gasteiger partial charge in [0.1, 0.15) is 11.3 Å². The Morgan fingerprint density at radius 2 is 2.08 bits per heavy atom. The summed E-state index contributed by atoms with van der Waals surface area (Å²) in [5.74, 6) is 0.873. The van der Waals surface area contributed by atoms with Gasteiger partial charge in [0.05, 0.1) is 13.4 Å². The number of benzene rings is 1. The largest absolute Gasteiger partial charge is 0.496 e. The summed E-state index contributed by atoms with van der Waals surface area (Å²) in [5.41, 5.74) is 1.97. The summed E-state index contributed by atoms with van der Waals surface area (Å²) in [7, 11) is 1.66. The SMILES string of the molecule is COc1ccc2ccoc2c1C. The van der Waals surface area contributed by atoms with Gasteiger partial charge >= 0.3 is 0 Å². The van der Waals surface area contributed by atoms with E-state index in [4.69, 9.17) is 9.15 Å². The zero-order chi connectivity index (χ0) is 8.55. The van der Waals surface area contributed by atoms with E-state index in [0.717, 1.165) is 22.3 Å². The molecule has 0 unspecified atom stereocenters. The summed E-state index contributed by atoms with van der Waals surface area (Å²) < 4.78 is 10.5. The Kier molecular flexibility index (Phi) is 1.54. The number of furan rings is 1. The van der Waals surface area contributed by atoms with Crippen LogP contribution in [0.15, 0.2) is 28.9 Å². The van der Waals surface area contributed by atoms with Gasteiger partial charge < -0.3 is 9.15 Å². The van der Waals surface area contributed by atoms with Gasteiger partial charge in [-0.15, -0.1) is 0 Å². The molecular formula is C10H10O2. The van der Waals surface area contributed by atoms with Crippen molar-refractivity contribution < 1.29 is 9.15 Å². The lowest BCUT2D eigenvalue weighted by molar-refractivity contribution is 0.411. The van der Waals surface area contributed by atoms with Crippen LogP contribution in [0.25, 0.3) is 11.0 Å². The molecule has 0 fully saturated rings. The van der Waals surface area contributed by atoms with Crippen molar-refractivity contribution in [3.63, 3.8) is 0 Å². The highest BCUT2D eigenvalue weighted by Crippen LogP contribution is 2.27. The minimum absolute atomic E-state index is 0.873. The molecular weight excluding hydrogens is 152 g/mol. The molecule has 0 saturated carbocycles. The maximum atomic E-state index is 5.31. The van der Waals surface area contributed by atoms with Gasteiger partial charge in [-0.05, 0) is 25.1 Å². The van der Waals surface area contributed by atoms with Gasteiger partial charge in [-0.1, -0.05) is 0 Å². The first-order chi connectivity index (χ1) is 5.83. The molecule has 0 spiro atoms. The van der Waals surface area contributed by atoms with Gasteiger partial charge in [0, 0.05) is 10.9 Å². The van der Waals surface area contributed by atoms with Gasteiger partial charge in [0.2, 0.25) is 0 Å². The average Bonchev–Trinajstić information content (AvgIpc) is 2.53. The first-order valence-electron chi connectivity index (χ1n) is 3.83. The van der Waals surface area contributed by atoms with Crippen LogP contribution in [-0.4, -0.2) is 7.11 Å². The van der Waals surface area contributed by atoms with E-state index in [2.05, 4.69) is 0 Å². The summed E-state index contributed by atoms with van der Waals surface area (Å²) in [6.07, 6.45) is 1.69. The second-order valence-corrected chi connectivity index (χ2v) is 2.73. The van der Waals surface area contributed by atoms with Crippen LogP contribution in [-0.2, 0) is 0 Å². The molecule has 2 nitrogen and oxygen atoms in total. The number of rotatable bonds is 1. The molecule has 0 aliphatic carbocycles. The minimum Gasteiger partial charge on any atom is -0.496 e. The molecule has 0 aliphatic rings. The van der Waals surface area contributed by atoms with E-state index >= 15 is 0 Å². The molecule has 2 rings (SSSR count). The third-order valence-electron chi connectivity index (χ3n) is 2.04. The van der Waals surface area contributed by atoms with Gasteiger partial charge in [-0.25, -0.2) is 0 Å². The molecule has 0 bridgehead atoms. The van der Waals surface area contributed by atoms with Crippen LogP contribution in [0.5, 0.6) is 5.75 Å². The van der Waals surface area contributed by atoms with Gasteiger partial charge in [0.25, 0.3) is 0 Å². The fourth-order valence-corrected chi connectivity index (χ4v) is 1.38. The van der Waals surface area contributed by atoms with Crippen molar-refractivity contribution in [1.82, 2.24) is 0 Å². The van der Waals surface area contributed by atoms with Gasteiger partial charge in [0.15, 0.2) is 0 Å². The van der Waals surface area contributed by atoms with E-state index in [-0.39, 0.29) is 0 Å². The van der Waals surface area contributed by atoms with Gasteiger partial charge in [-0.2, -0.15) is 0 Å². The molecule has 0 saturated heterocycles. The van der Waals surface area contributed by atoms with Crippen LogP contribution in [0.3, 0.4) is 0 Å². The number of fused-ring (bicyclic) bond motifs is 1. The Bertz CT molecular complexity index is 401. The van der Waals surface area contributed by atoms with Crippen LogP contribution >= 0.6 is 0 Å². The van der Waals surface area contributed by atoms with Crippen LogP contribution in [0, 0.1) is 6.92 Å². The fourth-order valence-electron chi connectivity index (χ4n) is 1.38. The Morgan fingerprint density at radius 1 is 1.25 bits per heavy atom. The Morgan fingerprint density at radius 3 is 2.83 bits per heavy atom. The van der Waals surface area contributed by atoms with Crippen molar-refractivity contribution in [2.24, 2.45) is 0 Å². The van der Waals surface area contributed by atoms with Crippen LogP contribution in [0.1, 0.15) is 5.56 Å². The van der Waals surface area contributed by atoms with Crippen LogP contribution < -0.4 is 4.74 Å². The van der Waals surface area contributed by atoms with Crippen molar-refractivity contribution in [2.45, 2.75) is 6.92 Å². The summed E-state index contributed by atoms with van der Waals surface area (Å²) in [5, 5.41) is 1.12. The summed E-state index contributed by atoms with van der Waals surface area (Å²) in [6, 6.07) is 5.89. The standard InChI is InChI=1S/C10H10O2/c1-7-9(11-2)4-3-8-5-6-12-10(7)8/h3-6H,1-2H3. The second-order valence-electron chi connectivity index (χ2n) is 2.73. The van der Waals surface area contributed by atoms with E-state index in [1.807, 2.05) is 25.1 Å². The lowest BCUT2D eigenvalue weighted by atomic mass is 10.1. The molecule has 0 radical (unpaired) electrons. The predicted molar refractivity (Wildman–Crippen MR) is 47.5 cm³/mol. The minimum atomic E-state index is 0.873. The highest BCUT2D eigenvalue weighted by molar-refractivity contribution is 5.82. The first kappa shape index (κ1) is 7.22. The van der Waals surface area contributed by atoms with Gasteiger partial charge in [-0.3, -0.25) is 0 Å². The fraction of sp³-hybridized carbons (Fsp3) is 0.200. The number of methoxy groups -OCH3 is 1. The second kappa shape index (κ2) is 2.55. The molecule has 2 aromatic rings. The third kappa shape index (κ3) is 0.881. The topological polar surface area (TPSA) is 22.4 Å². The Labute approximate surface area is 70.8 Å². The van der Waals surface area contributed by atoms with E-state index in [0.29, 0.717) is 0 Å². The van der Waals surface area contributed by atoms with Crippen molar-refractivity contribution in [2.75, 3.05) is 7.11 Å². The summed E-state index contributed by atoms with van der Waals surface area (Å²) in [4.78, 5) is 0. The summed E-state index contributed by atoms with van der Waals surface area (Å²) >= 11 is 0. The highest BCUT2D eigenvalue weighted by Gasteiger charge is 2.04.